The van der Waals surface area contributed by atoms with Crippen molar-refractivity contribution in [3.8, 4) is 0 Å². The van der Waals surface area contributed by atoms with E-state index in [9.17, 15) is 4.79 Å². The maximum absolute atomic E-state index is 12.2. The van der Waals surface area contributed by atoms with E-state index in [0.717, 1.165) is 35.7 Å². The summed E-state index contributed by atoms with van der Waals surface area (Å²) >= 11 is 5.01. The Morgan fingerprint density at radius 3 is 2.33 bits per heavy atom. The van der Waals surface area contributed by atoms with Crippen molar-refractivity contribution in [1.82, 2.24) is 0 Å². The predicted molar refractivity (Wildman–Crippen MR) is 69.7 cm³/mol. The lowest BCUT2D eigenvalue weighted by Crippen LogP contribution is -2.14. The minimum absolute atomic E-state index is 0.214. The van der Waals surface area contributed by atoms with Crippen molar-refractivity contribution in [2.75, 3.05) is 0 Å². The van der Waals surface area contributed by atoms with Gasteiger partial charge in [0.1, 0.15) is 0 Å². The van der Waals surface area contributed by atoms with E-state index in [1.54, 1.807) is 11.3 Å². The molecule has 15 heavy (non-hydrogen) atoms. The van der Waals surface area contributed by atoms with Crippen LogP contribution in [-0.2, 0) is 0 Å². The highest BCUT2D eigenvalue weighted by Crippen LogP contribution is 2.27. The second-order valence-electron chi connectivity index (χ2n) is 3.77. The van der Waals surface area contributed by atoms with Gasteiger partial charge in [-0.25, -0.2) is 0 Å². The first-order valence-corrected chi connectivity index (χ1v) is 7.20. The van der Waals surface area contributed by atoms with Gasteiger partial charge >= 0.3 is 0 Å². The number of halogens is 1. The lowest BCUT2D eigenvalue weighted by Gasteiger charge is -2.13. The molecule has 0 N–H and O–H groups in total. The number of ketones is 1. The fourth-order valence-electron chi connectivity index (χ4n) is 1.78. The number of hydrogen-bond acceptors (Lipinski definition) is 2. The van der Waals surface area contributed by atoms with Gasteiger partial charge in [-0.15, -0.1) is 0 Å². The van der Waals surface area contributed by atoms with Crippen LogP contribution in [0.3, 0.4) is 0 Å². The highest BCUT2D eigenvalue weighted by atomic mass is 79.9. The Morgan fingerprint density at radius 1 is 1.33 bits per heavy atom. The molecule has 1 aromatic heterocycles. The Balaban J connectivity index is 2.76. The molecule has 0 radical (unpaired) electrons. The quantitative estimate of drug-likeness (QED) is 0.680. The van der Waals surface area contributed by atoms with Crippen molar-refractivity contribution in [1.29, 1.82) is 0 Å². The fourth-order valence-corrected chi connectivity index (χ4v) is 3.26. The Hall–Kier alpha value is -0.150. The second kappa shape index (κ2) is 6.44. The third kappa shape index (κ3) is 3.42. The van der Waals surface area contributed by atoms with Crippen LogP contribution in [0.2, 0.25) is 0 Å². The summed E-state index contributed by atoms with van der Waals surface area (Å²) in [5.74, 6) is 0.526. The molecule has 0 saturated carbocycles. The molecule has 84 valence electrons. The molecular weight excluding hydrogens is 272 g/mol. The lowest BCUT2D eigenvalue weighted by atomic mass is 9.91. The summed E-state index contributed by atoms with van der Waals surface area (Å²) in [5, 5.41) is 3.92. The highest BCUT2D eigenvalue weighted by Gasteiger charge is 2.20. The van der Waals surface area contributed by atoms with E-state index in [1.165, 1.54) is 0 Å². The zero-order valence-electron chi connectivity index (χ0n) is 9.25. The molecule has 0 unspecified atom stereocenters. The first-order chi connectivity index (χ1) is 7.20. The molecule has 1 heterocycles. The van der Waals surface area contributed by atoms with E-state index < -0.39 is 0 Å². The van der Waals surface area contributed by atoms with E-state index in [4.69, 9.17) is 0 Å². The van der Waals surface area contributed by atoms with Gasteiger partial charge in [-0.05, 0) is 28.8 Å². The third-order valence-corrected chi connectivity index (χ3v) is 4.23. The zero-order valence-corrected chi connectivity index (χ0v) is 11.7. The Morgan fingerprint density at radius 2 is 1.93 bits per heavy atom. The Kier molecular flexibility index (Phi) is 5.54. The van der Waals surface area contributed by atoms with Gasteiger partial charge in [0.2, 0.25) is 0 Å². The molecule has 1 rings (SSSR count). The summed E-state index contributed by atoms with van der Waals surface area (Å²) in [6.07, 6.45) is 4.18. The minimum Gasteiger partial charge on any atom is -0.294 e. The molecule has 0 aliphatic carbocycles. The summed E-state index contributed by atoms with van der Waals surface area (Å²) in [7, 11) is 0. The van der Waals surface area contributed by atoms with Gasteiger partial charge in [-0.2, -0.15) is 11.3 Å². The largest absolute Gasteiger partial charge is 0.294 e. The van der Waals surface area contributed by atoms with E-state index in [1.807, 2.05) is 10.8 Å². The molecule has 0 aromatic carbocycles. The van der Waals surface area contributed by atoms with E-state index in [-0.39, 0.29) is 5.92 Å². The van der Waals surface area contributed by atoms with Gasteiger partial charge in [0.15, 0.2) is 5.78 Å². The average molecular weight is 289 g/mol. The monoisotopic (exact) mass is 288 g/mol. The summed E-state index contributed by atoms with van der Waals surface area (Å²) in [5.41, 5.74) is 0.868. The summed E-state index contributed by atoms with van der Waals surface area (Å²) in [4.78, 5) is 12.2. The lowest BCUT2D eigenvalue weighted by molar-refractivity contribution is 0.0904. The summed E-state index contributed by atoms with van der Waals surface area (Å²) in [6.45, 7) is 4.28. The first-order valence-electron chi connectivity index (χ1n) is 5.46. The minimum atomic E-state index is 0.214. The van der Waals surface area contributed by atoms with Crippen LogP contribution in [0, 0.1) is 5.92 Å². The maximum Gasteiger partial charge on any atom is 0.167 e. The topological polar surface area (TPSA) is 17.1 Å². The van der Waals surface area contributed by atoms with Gasteiger partial charge in [0.05, 0.1) is 0 Å². The van der Waals surface area contributed by atoms with Crippen LogP contribution in [-0.4, -0.2) is 5.78 Å². The summed E-state index contributed by atoms with van der Waals surface area (Å²) in [6, 6.07) is 0. The molecule has 0 aliphatic heterocycles. The molecule has 1 nitrogen and oxygen atoms in total. The number of Topliss-reactive ketones (excluding diaryl/α,β-unsaturated/α-hetero) is 1. The van der Waals surface area contributed by atoms with Crippen LogP contribution in [0.1, 0.15) is 49.9 Å². The number of carbonyl (C=O) groups excluding carboxylic acids is 1. The van der Waals surface area contributed by atoms with Crippen LogP contribution < -0.4 is 0 Å². The Labute approximate surface area is 104 Å². The predicted octanol–water partition coefficient (Wildman–Crippen LogP) is 4.91. The normalized spacial score (nSPS) is 10.9. The fraction of sp³-hybridized carbons (Fsp3) is 0.583. The van der Waals surface area contributed by atoms with Crippen molar-refractivity contribution in [2.45, 2.75) is 39.5 Å². The van der Waals surface area contributed by atoms with Gasteiger partial charge < -0.3 is 0 Å². The molecule has 0 amide bonds. The number of hydrogen-bond donors (Lipinski definition) is 0. The van der Waals surface area contributed by atoms with Crippen LogP contribution in [0.15, 0.2) is 15.2 Å². The highest BCUT2D eigenvalue weighted by molar-refractivity contribution is 9.10. The van der Waals surface area contributed by atoms with E-state index in [0.29, 0.717) is 5.78 Å². The molecule has 0 atom stereocenters. The number of rotatable bonds is 6. The van der Waals surface area contributed by atoms with Crippen LogP contribution in [0.25, 0.3) is 0 Å². The van der Waals surface area contributed by atoms with Crippen LogP contribution in [0.5, 0.6) is 0 Å². The van der Waals surface area contributed by atoms with Gasteiger partial charge in [0, 0.05) is 26.7 Å². The van der Waals surface area contributed by atoms with Gasteiger partial charge in [-0.1, -0.05) is 26.7 Å². The van der Waals surface area contributed by atoms with Crippen molar-refractivity contribution < 1.29 is 4.79 Å². The first kappa shape index (κ1) is 12.9. The van der Waals surface area contributed by atoms with Crippen LogP contribution in [0.4, 0.5) is 0 Å². The smallest absolute Gasteiger partial charge is 0.167 e. The molecular formula is C12H17BrOS. The van der Waals surface area contributed by atoms with Crippen molar-refractivity contribution in [3.05, 3.63) is 20.8 Å². The maximum atomic E-state index is 12.2. The van der Waals surface area contributed by atoms with Gasteiger partial charge in [0.25, 0.3) is 0 Å². The van der Waals surface area contributed by atoms with E-state index in [2.05, 4.69) is 29.8 Å². The van der Waals surface area contributed by atoms with Gasteiger partial charge in [-0.3, -0.25) is 4.79 Å². The molecule has 0 saturated heterocycles. The molecule has 1 aromatic rings. The van der Waals surface area contributed by atoms with E-state index >= 15 is 0 Å². The van der Waals surface area contributed by atoms with Crippen molar-refractivity contribution in [2.24, 2.45) is 5.92 Å². The number of thiophene rings is 1. The standard InChI is InChI=1S/C12H17BrOS/c1-3-5-9(6-4-2)12(14)10-7-15-8-11(10)13/h7-9H,3-6H2,1-2H3. The molecule has 0 fully saturated rings. The van der Waals surface area contributed by atoms with Crippen molar-refractivity contribution in [3.63, 3.8) is 0 Å². The third-order valence-electron chi connectivity index (χ3n) is 2.53. The molecule has 0 spiro atoms. The molecule has 3 heteroatoms. The molecule has 0 aliphatic rings. The number of carbonyl (C=O) groups is 1. The Bertz CT molecular complexity index is 313. The van der Waals surface area contributed by atoms with Crippen molar-refractivity contribution >= 4 is 33.0 Å². The average Bonchev–Trinajstić information content (AvgIpc) is 2.63. The summed E-state index contributed by atoms with van der Waals surface area (Å²) < 4.78 is 0.953. The zero-order chi connectivity index (χ0) is 11.3. The SMILES string of the molecule is CCCC(CCC)C(=O)c1cscc1Br. The molecule has 0 bridgehead atoms. The second-order valence-corrected chi connectivity index (χ2v) is 5.37. The van der Waals surface area contributed by atoms with Crippen LogP contribution >= 0.6 is 27.3 Å².